The summed E-state index contributed by atoms with van der Waals surface area (Å²) in [5.41, 5.74) is 1.29. The van der Waals surface area contributed by atoms with Crippen molar-refractivity contribution in [2.75, 3.05) is 12.4 Å². The molecule has 0 aliphatic heterocycles. The number of phenols is 1. The van der Waals surface area contributed by atoms with E-state index in [9.17, 15) is 9.90 Å². The third-order valence-electron chi connectivity index (χ3n) is 3.95. The highest BCUT2D eigenvalue weighted by Gasteiger charge is 2.10. The molecule has 7 nitrogen and oxygen atoms in total. The van der Waals surface area contributed by atoms with Gasteiger partial charge >= 0.3 is 0 Å². The Kier molecular flexibility index (Phi) is 5.96. The second kappa shape index (κ2) is 8.77. The molecule has 7 heteroatoms. The fourth-order valence-corrected chi connectivity index (χ4v) is 2.57. The average molecular weight is 379 g/mol. The lowest BCUT2D eigenvalue weighted by Gasteiger charge is -2.13. The van der Waals surface area contributed by atoms with Gasteiger partial charge in [-0.2, -0.15) is 0 Å². The molecule has 1 atom stereocenters. The van der Waals surface area contributed by atoms with E-state index in [0.717, 1.165) is 5.82 Å². The maximum Gasteiger partial charge on any atom is 0.248 e. The van der Waals surface area contributed by atoms with Crippen molar-refractivity contribution in [3.05, 3.63) is 72.3 Å². The van der Waals surface area contributed by atoms with Crippen LogP contribution in [0.5, 0.6) is 17.2 Å². The minimum Gasteiger partial charge on any atom is -0.504 e. The van der Waals surface area contributed by atoms with Gasteiger partial charge in [-0.3, -0.25) is 4.79 Å². The number of imidazole rings is 1. The number of rotatable bonds is 7. The van der Waals surface area contributed by atoms with Gasteiger partial charge in [0.25, 0.3) is 0 Å². The largest absolute Gasteiger partial charge is 0.504 e. The number of aromatic amines is 1. The first-order valence-electron chi connectivity index (χ1n) is 8.67. The van der Waals surface area contributed by atoms with Crippen LogP contribution in [0.2, 0.25) is 0 Å². The molecule has 144 valence electrons. The molecule has 3 rings (SSSR count). The first-order valence-corrected chi connectivity index (χ1v) is 8.67. The highest BCUT2D eigenvalue weighted by Crippen LogP contribution is 2.27. The molecule has 0 aliphatic rings. The molecule has 0 saturated carbocycles. The Morgan fingerprint density at radius 1 is 1.29 bits per heavy atom. The third kappa shape index (κ3) is 4.91. The van der Waals surface area contributed by atoms with Crippen LogP contribution in [-0.4, -0.2) is 28.1 Å². The second-order valence-corrected chi connectivity index (χ2v) is 6.02. The first-order chi connectivity index (χ1) is 13.5. The van der Waals surface area contributed by atoms with E-state index in [4.69, 9.17) is 9.47 Å². The van der Waals surface area contributed by atoms with E-state index in [-0.39, 0.29) is 17.8 Å². The molecule has 0 aliphatic carbocycles. The van der Waals surface area contributed by atoms with Crippen LogP contribution in [0.4, 0.5) is 5.69 Å². The number of H-pyrrole nitrogens is 1. The zero-order valence-electron chi connectivity index (χ0n) is 15.5. The van der Waals surface area contributed by atoms with Crippen molar-refractivity contribution in [1.29, 1.82) is 0 Å². The highest BCUT2D eigenvalue weighted by molar-refractivity contribution is 6.02. The number of ether oxygens (including phenoxy) is 2. The summed E-state index contributed by atoms with van der Waals surface area (Å²) in [4.78, 5) is 19.3. The van der Waals surface area contributed by atoms with Crippen molar-refractivity contribution in [2.24, 2.45) is 0 Å². The molecule has 1 aromatic heterocycles. The zero-order chi connectivity index (χ0) is 19.9. The normalized spacial score (nSPS) is 11.9. The quantitative estimate of drug-likeness (QED) is 0.541. The van der Waals surface area contributed by atoms with Crippen molar-refractivity contribution in [3.8, 4) is 17.2 Å². The molecular formula is C21H21N3O4. The van der Waals surface area contributed by atoms with Crippen molar-refractivity contribution in [1.82, 2.24) is 9.97 Å². The van der Waals surface area contributed by atoms with Crippen molar-refractivity contribution < 1.29 is 19.4 Å². The number of benzene rings is 2. The topological polar surface area (TPSA) is 96.5 Å². The van der Waals surface area contributed by atoms with Gasteiger partial charge in [-0.1, -0.05) is 12.1 Å². The van der Waals surface area contributed by atoms with Gasteiger partial charge in [0.15, 0.2) is 17.6 Å². The van der Waals surface area contributed by atoms with Gasteiger partial charge in [0, 0.05) is 30.2 Å². The number of amides is 1. The molecule has 2 aromatic carbocycles. The SMILES string of the molecule is COc1ccc(/C=C/C(=O)Nc2cccc(OC(C)c3ncc[nH]3)c2)cc1O. The van der Waals surface area contributed by atoms with E-state index in [1.165, 1.54) is 19.3 Å². The number of aromatic nitrogens is 2. The van der Waals surface area contributed by atoms with Crippen molar-refractivity contribution >= 4 is 17.7 Å². The van der Waals surface area contributed by atoms with Gasteiger partial charge in [0.2, 0.25) is 5.91 Å². The molecular weight excluding hydrogens is 358 g/mol. The smallest absolute Gasteiger partial charge is 0.248 e. The minimum absolute atomic E-state index is 0.0144. The highest BCUT2D eigenvalue weighted by atomic mass is 16.5. The summed E-state index contributed by atoms with van der Waals surface area (Å²) in [6.45, 7) is 1.89. The Bertz CT molecular complexity index is 968. The summed E-state index contributed by atoms with van der Waals surface area (Å²) in [6, 6.07) is 12.0. The van der Waals surface area contributed by atoms with Gasteiger partial charge in [0.1, 0.15) is 11.6 Å². The van der Waals surface area contributed by atoms with Crippen LogP contribution in [0.25, 0.3) is 6.08 Å². The third-order valence-corrected chi connectivity index (χ3v) is 3.95. The monoisotopic (exact) mass is 379 g/mol. The van der Waals surface area contributed by atoms with Crippen molar-refractivity contribution in [3.63, 3.8) is 0 Å². The predicted octanol–water partition coefficient (Wildman–Crippen LogP) is 3.92. The van der Waals surface area contributed by atoms with Crippen LogP contribution in [0, 0.1) is 0 Å². The van der Waals surface area contributed by atoms with E-state index in [1.807, 2.05) is 13.0 Å². The Labute approximate surface area is 162 Å². The van der Waals surface area contributed by atoms with Gasteiger partial charge < -0.3 is 24.9 Å². The zero-order valence-corrected chi connectivity index (χ0v) is 15.5. The van der Waals surface area contributed by atoms with Crippen LogP contribution >= 0.6 is 0 Å². The van der Waals surface area contributed by atoms with Crippen LogP contribution in [0.15, 0.2) is 60.9 Å². The number of aromatic hydroxyl groups is 1. The average Bonchev–Trinajstić information content (AvgIpc) is 3.22. The summed E-state index contributed by atoms with van der Waals surface area (Å²) in [7, 11) is 1.48. The van der Waals surface area contributed by atoms with Crippen LogP contribution in [0.3, 0.4) is 0 Å². The molecule has 0 spiro atoms. The number of anilines is 1. The second-order valence-electron chi connectivity index (χ2n) is 6.02. The standard InChI is InChI=1S/C21H21N3O4/c1-14(21-22-10-11-23-21)28-17-5-3-4-16(13-17)24-20(26)9-7-15-6-8-19(27-2)18(25)12-15/h3-14,25H,1-2H3,(H,22,23)(H,24,26)/b9-7+. The summed E-state index contributed by atoms with van der Waals surface area (Å²) < 4.78 is 10.8. The Hall–Kier alpha value is -3.74. The fourth-order valence-electron chi connectivity index (χ4n) is 2.57. The van der Waals surface area contributed by atoms with Gasteiger partial charge in [-0.25, -0.2) is 4.98 Å². The molecule has 3 N–H and O–H groups in total. The number of hydrogen-bond donors (Lipinski definition) is 3. The molecule has 0 radical (unpaired) electrons. The molecule has 0 fully saturated rings. The van der Waals surface area contributed by atoms with Crippen LogP contribution in [0.1, 0.15) is 24.4 Å². The lowest BCUT2D eigenvalue weighted by atomic mass is 10.2. The molecule has 0 saturated heterocycles. The summed E-state index contributed by atoms with van der Waals surface area (Å²) in [5, 5.41) is 12.6. The van der Waals surface area contributed by atoms with E-state index in [2.05, 4.69) is 15.3 Å². The Morgan fingerprint density at radius 3 is 2.86 bits per heavy atom. The summed E-state index contributed by atoms with van der Waals surface area (Å²) >= 11 is 0. The number of methoxy groups -OCH3 is 1. The van der Waals surface area contributed by atoms with E-state index in [1.54, 1.807) is 48.8 Å². The fraction of sp³-hybridized carbons (Fsp3) is 0.143. The number of carbonyl (C=O) groups is 1. The number of nitrogens with zero attached hydrogens (tertiary/aromatic N) is 1. The van der Waals surface area contributed by atoms with Crippen molar-refractivity contribution in [2.45, 2.75) is 13.0 Å². The predicted molar refractivity (Wildman–Crippen MR) is 106 cm³/mol. The maximum atomic E-state index is 12.2. The number of phenolic OH excluding ortho intramolecular Hbond substituents is 1. The molecule has 1 unspecified atom stereocenters. The van der Waals surface area contributed by atoms with E-state index < -0.39 is 0 Å². The maximum absolute atomic E-state index is 12.2. The summed E-state index contributed by atoms with van der Waals surface area (Å²) in [6.07, 6.45) is 6.15. The van der Waals surface area contributed by atoms with Gasteiger partial charge in [-0.05, 0) is 42.8 Å². The lowest BCUT2D eigenvalue weighted by Crippen LogP contribution is -2.08. The van der Waals surface area contributed by atoms with Crippen LogP contribution in [-0.2, 0) is 4.79 Å². The molecule has 1 amide bonds. The van der Waals surface area contributed by atoms with Crippen LogP contribution < -0.4 is 14.8 Å². The Morgan fingerprint density at radius 2 is 2.14 bits per heavy atom. The molecule has 0 bridgehead atoms. The molecule has 3 aromatic rings. The van der Waals surface area contributed by atoms with E-state index in [0.29, 0.717) is 22.7 Å². The number of nitrogens with one attached hydrogen (secondary N) is 2. The minimum atomic E-state index is -0.299. The summed E-state index contributed by atoms with van der Waals surface area (Å²) in [5.74, 6) is 1.43. The lowest BCUT2D eigenvalue weighted by molar-refractivity contribution is -0.111. The van der Waals surface area contributed by atoms with Gasteiger partial charge in [0.05, 0.1) is 7.11 Å². The number of hydrogen-bond acceptors (Lipinski definition) is 5. The Balaban J connectivity index is 1.61. The van der Waals surface area contributed by atoms with E-state index >= 15 is 0 Å². The van der Waals surface area contributed by atoms with Gasteiger partial charge in [-0.15, -0.1) is 0 Å². The first kappa shape index (κ1) is 19.0. The molecule has 28 heavy (non-hydrogen) atoms. The number of carbonyl (C=O) groups excluding carboxylic acids is 1. The molecule has 1 heterocycles.